The summed E-state index contributed by atoms with van der Waals surface area (Å²) in [6, 6.07) is 5.59. The second-order valence-electron chi connectivity index (χ2n) is 12.4. The number of benzene rings is 2. The zero-order chi connectivity index (χ0) is 32.1. The van der Waals surface area contributed by atoms with Crippen molar-refractivity contribution in [2.24, 2.45) is 0 Å². The van der Waals surface area contributed by atoms with Gasteiger partial charge in [-0.15, -0.1) is 6.42 Å². The van der Waals surface area contributed by atoms with Gasteiger partial charge >= 0.3 is 6.01 Å². The van der Waals surface area contributed by atoms with Gasteiger partial charge < -0.3 is 24.5 Å². The number of phenols is 1. The zero-order valence-electron chi connectivity index (χ0n) is 25.5. The van der Waals surface area contributed by atoms with Crippen molar-refractivity contribution in [3.8, 4) is 35.4 Å². The molecule has 11 heteroatoms. The third kappa shape index (κ3) is 5.07. The highest BCUT2D eigenvalue weighted by molar-refractivity contribution is 6.03. The van der Waals surface area contributed by atoms with Gasteiger partial charge in [-0.05, 0) is 68.9 Å². The summed E-state index contributed by atoms with van der Waals surface area (Å²) < 4.78 is 37.8. The van der Waals surface area contributed by atoms with Gasteiger partial charge in [0.15, 0.2) is 5.82 Å². The van der Waals surface area contributed by atoms with Crippen molar-refractivity contribution in [1.82, 2.24) is 24.8 Å². The summed E-state index contributed by atoms with van der Waals surface area (Å²) in [7, 11) is 2.06. The predicted molar refractivity (Wildman–Crippen MR) is 172 cm³/mol. The molecule has 1 amide bonds. The van der Waals surface area contributed by atoms with E-state index in [0.717, 1.165) is 38.6 Å². The number of ether oxygens (including phenoxy) is 1. The maximum absolute atomic E-state index is 16.8. The molecule has 2 aromatic heterocycles. The molecule has 46 heavy (non-hydrogen) atoms. The van der Waals surface area contributed by atoms with E-state index in [9.17, 15) is 14.3 Å². The minimum absolute atomic E-state index is 0.0194. The Morgan fingerprint density at radius 1 is 1.17 bits per heavy atom. The van der Waals surface area contributed by atoms with E-state index < -0.39 is 11.6 Å². The standard InChI is InChI=1S/C35H34F2N6O3/c1-4-25-28(36)12-9-20-14-24(44)15-26(30(20)25)32-31(37)33-27(16-38-32)34(40-35(39-33)46-19-23-8-6-7-13-41(23)3)42-17-21-10-11-22(18-42)43(21)29(45)5-2/h1,5,9,12,14-16,21-23,44H,2,6-8,10-11,13,17-19H2,3H3/t21-,22+,23-/m0/s1. The number of likely N-dealkylation sites (N-methyl/N-ethyl adjacent to an activating group) is 1. The Kier molecular flexibility index (Phi) is 7.69. The minimum Gasteiger partial charge on any atom is -0.508 e. The molecule has 0 aliphatic carbocycles. The van der Waals surface area contributed by atoms with Gasteiger partial charge in [0.2, 0.25) is 5.91 Å². The van der Waals surface area contributed by atoms with E-state index >= 15 is 4.39 Å². The van der Waals surface area contributed by atoms with Gasteiger partial charge in [-0.2, -0.15) is 9.97 Å². The van der Waals surface area contributed by atoms with E-state index in [1.54, 1.807) is 0 Å². The molecule has 3 atom stereocenters. The fraction of sp³-hybridized carbons (Fsp3) is 0.371. The van der Waals surface area contributed by atoms with Gasteiger partial charge in [-0.25, -0.2) is 8.78 Å². The molecule has 7 rings (SSSR count). The molecule has 1 N–H and O–H groups in total. The number of aromatic nitrogens is 3. The van der Waals surface area contributed by atoms with E-state index in [0.29, 0.717) is 36.3 Å². The Hall–Kier alpha value is -4.82. The van der Waals surface area contributed by atoms with Crippen molar-refractivity contribution >= 4 is 33.4 Å². The van der Waals surface area contributed by atoms with Crippen LogP contribution in [0.3, 0.4) is 0 Å². The summed E-state index contributed by atoms with van der Waals surface area (Å²) in [4.78, 5) is 32.6. The van der Waals surface area contributed by atoms with Crippen LogP contribution in [0, 0.1) is 24.0 Å². The normalized spacial score (nSPS) is 21.5. The lowest BCUT2D eigenvalue weighted by Gasteiger charge is -2.41. The fourth-order valence-electron chi connectivity index (χ4n) is 7.33. The van der Waals surface area contributed by atoms with E-state index in [-0.39, 0.29) is 63.5 Å². The van der Waals surface area contributed by atoms with Crippen molar-refractivity contribution in [2.45, 2.75) is 50.2 Å². The number of rotatable bonds is 6. The van der Waals surface area contributed by atoms with Crippen LogP contribution in [-0.2, 0) is 4.79 Å². The molecule has 2 aromatic carbocycles. The highest BCUT2D eigenvalue weighted by Gasteiger charge is 2.42. The van der Waals surface area contributed by atoms with Gasteiger partial charge in [0.05, 0.1) is 10.9 Å². The summed E-state index contributed by atoms with van der Waals surface area (Å²) in [6.07, 6.45) is 13.4. The number of carbonyl (C=O) groups excluding carboxylic acids is 1. The maximum atomic E-state index is 16.8. The van der Waals surface area contributed by atoms with E-state index in [4.69, 9.17) is 16.1 Å². The van der Waals surface area contributed by atoms with Gasteiger partial charge in [-0.1, -0.05) is 25.0 Å². The summed E-state index contributed by atoms with van der Waals surface area (Å²) in [5.74, 6) is 1.18. The number of hydrogen-bond donors (Lipinski definition) is 1. The number of hydrogen-bond acceptors (Lipinski definition) is 8. The number of pyridine rings is 1. The first kappa shape index (κ1) is 29.9. The van der Waals surface area contributed by atoms with Crippen LogP contribution in [0.1, 0.15) is 37.7 Å². The number of fused-ring (bicyclic) bond motifs is 4. The first-order chi connectivity index (χ1) is 22.3. The van der Waals surface area contributed by atoms with Gasteiger partial charge in [0.25, 0.3) is 0 Å². The van der Waals surface area contributed by atoms with Crippen LogP contribution >= 0.6 is 0 Å². The highest BCUT2D eigenvalue weighted by Crippen LogP contribution is 2.40. The van der Waals surface area contributed by atoms with Crippen molar-refractivity contribution < 1.29 is 23.4 Å². The van der Waals surface area contributed by atoms with Crippen LogP contribution in [0.4, 0.5) is 14.6 Å². The Balaban J connectivity index is 1.36. The Morgan fingerprint density at radius 3 is 2.67 bits per heavy atom. The lowest BCUT2D eigenvalue weighted by molar-refractivity contribution is -0.129. The fourth-order valence-corrected chi connectivity index (χ4v) is 7.33. The maximum Gasteiger partial charge on any atom is 0.319 e. The number of terminal acetylenes is 1. The van der Waals surface area contributed by atoms with E-state index in [1.807, 2.05) is 4.90 Å². The number of likely N-dealkylation sites (tertiary alicyclic amines) is 1. The first-order valence-corrected chi connectivity index (χ1v) is 15.6. The summed E-state index contributed by atoms with van der Waals surface area (Å²) in [5.41, 5.74) is -0.0724. The number of piperidine rings is 1. The molecule has 0 spiro atoms. The van der Waals surface area contributed by atoms with E-state index in [1.165, 1.54) is 36.5 Å². The molecule has 0 saturated carbocycles. The predicted octanol–water partition coefficient (Wildman–Crippen LogP) is 5.04. The second kappa shape index (κ2) is 11.8. The molecule has 0 unspecified atom stereocenters. The number of carbonyl (C=O) groups is 1. The summed E-state index contributed by atoms with van der Waals surface area (Å²) >= 11 is 0. The summed E-state index contributed by atoms with van der Waals surface area (Å²) in [6.45, 7) is 5.97. The lowest BCUT2D eigenvalue weighted by Crippen LogP contribution is -2.55. The smallest absolute Gasteiger partial charge is 0.319 e. The van der Waals surface area contributed by atoms with Crippen molar-refractivity contribution in [3.05, 3.63) is 60.3 Å². The Morgan fingerprint density at radius 2 is 1.96 bits per heavy atom. The molecular formula is C35H34F2N6O3. The van der Waals surface area contributed by atoms with E-state index in [2.05, 4.69) is 39.3 Å². The number of nitrogens with zero attached hydrogens (tertiary/aromatic N) is 6. The molecule has 236 valence electrons. The SMILES string of the molecule is C#Cc1c(F)ccc2cc(O)cc(-c3ncc4c(N5C[C@H]6CC[C@@H](C5)N6C(=O)C=C)nc(OC[C@@H]5CCCCN5C)nc4c3F)c12. The molecule has 9 nitrogen and oxygen atoms in total. The molecule has 3 saturated heterocycles. The van der Waals surface area contributed by atoms with Crippen LogP contribution in [0.2, 0.25) is 0 Å². The van der Waals surface area contributed by atoms with Crippen molar-refractivity contribution in [2.75, 3.05) is 38.2 Å². The molecule has 4 aromatic rings. The molecular weight excluding hydrogens is 590 g/mol. The number of piperazine rings is 1. The van der Waals surface area contributed by atoms with Crippen LogP contribution in [0.25, 0.3) is 32.9 Å². The Bertz CT molecular complexity index is 1910. The molecule has 3 aliphatic heterocycles. The third-order valence-electron chi connectivity index (χ3n) is 9.63. The lowest BCUT2D eigenvalue weighted by atomic mass is 9.96. The summed E-state index contributed by atoms with van der Waals surface area (Å²) in [5, 5.41) is 11.6. The molecule has 2 bridgehead atoms. The number of phenolic OH excluding ortho intramolecular Hbond substituents is 1. The first-order valence-electron chi connectivity index (χ1n) is 15.6. The molecule has 0 radical (unpaired) electrons. The number of anilines is 1. The van der Waals surface area contributed by atoms with Gasteiger partial charge in [0, 0.05) is 48.4 Å². The topological polar surface area (TPSA) is 94.9 Å². The van der Waals surface area contributed by atoms with Gasteiger partial charge in [-0.3, -0.25) is 9.78 Å². The number of amides is 1. The van der Waals surface area contributed by atoms with Gasteiger partial charge in [0.1, 0.15) is 35.2 Å². The van der Waals surface area contributed by atoms with Crippen LogP contribution < -0.4 is 9.64 Å². The van der Waals surface area contributed by atoms with Crippen LogP contribution in [0.15, 0.2) is 43.1 Å². The largest absolute Gasteiger partial charge is 0.508 e. The number of halogens is 2. The number of aromatic hydroxyl groups is 1. The molecule has 5 heterocycles. The average Bonchev–Trinajstić information content (AvgIpc) is 3.32. The van der Waals surface area contributed by atoms with Crippen molar-refractivity contribution in [1.29, 1.82) is 0 Å². The minimum atomic E-state index is -0.775. The van der Waals surface area contributed by atoms with Crippen LogP contribution in [0.5, 0.6) is 11.8 Å². The quantitative estimate of drug-likeness (QED) is 0.236. The monoisotopic (exact) mass is 624 g/mol. The van der Waals surface area contributed by atoms with Crippen LogP contribution in [-0.4, -0.2) is 87.2 Å². The average molecular weight is 625 g/mol. The Labute approximate surface area is 265 Å². The second-order valence-corrected chi connectivity index (χ2v) is 12.4. The third-order valence-corrected chi connectivity index (χ3v) is 9.63. The zero-order valence-corrected chi connectivity index (χ0v) is 25.5. The molecule has 3 aliphatic rings. The highest BCUT2D eigenvalue weighted by atomic mass is 19.1. The molecule has 3 fully saturated rings. The van der Waals surface area contributed by atoms with Crippen molar-refractivity contribution in [3.63, 3.8) is 0 Å².